The number of piperidine rings is 1. The average molecular weight is 392 g/mol. The summed E-state index contributed by atoms with van der Waals surface area (Å²) in [4.78, 5) is 0. The summed E-state index contributed by atoms with van der Waals surface area (Å²) in [6, 6.07) is 0. The number of hydrogen-bond donors (Lipinski definition) is 1. The topological polar surface area (TPSA) is 91.8 Å². The largest absolute Gasteiger partial charge is 0.289 e. The van der Waals surface area contributed by atoms with Crippen molar-refractivity contribution in [1.82, 2.24) is 4.31 Å². The molecule has 0 bridgehead atoms. The van der Waals surface area contributed by atoms with Crippen molar-refractivity contribution in [3.8, 4) is 0 Å². The maximum Gasteiger partial charge on any atom is 0.289 e. The molecule has 0 unspecified atom stereocenters. The zero-order chi connectivity index (χ0) is 19.0. The SMILES string of the molecule is CCC(CC)(C(F)(F)C(C)(C)S(=O)(=O)N1CCCCC1)S(=O)(=O)O. The Labute approximate surface area is 143 Å². The van der Waals surface area contributed by atoms with Gasteiger partial charge in [0.15, 0.2) is 4.75 Å². The molecule has 0 aromatic heterocycles. The fourth-order valence-corrected chi connectivity index (χ4v) is 6.64. The number of alkyl halides is 2. The first-order chi connectivity index (χ1) is 10.7. The Morgan fingerprint density at radius 1 is 0.958 bits per heavy atom. The van der Waals surface area contributed by atoms with E-state index < -0.39 is 48.4 Å². The maximum atomic E-state index is 15.3. The van der Waals surface area contributed by atoms with Gasteiger partial charge in [-0.2, -0.15) is 8.42 Å². The van der Waals surface area contributed by atoms with E-state index in [0.717, 1.165) is 24.6 Å². The zero-order valence-corrected chi connectivity index (χ0v) is 16.2. The van der Waals surface area contributed by atoms with Crippen LogP contribution in [0.1, 0.15) is 59.8 Å². The average Bonchev–Trinajstić information content (AvgIpc) is 2.47. The molecule has 24 heavy (non-hydrogen) atoms. The Hall–Kier alpha value is -0.320. The van der Waals surface area contributed by atoms with Gasteiger partial charge in [-0.3, -0.25) is 4.55 Å². The number of rotatable bonds is 7. The van der Waals surface area contributed by atoms with Crippen molar-refractivity contribution in [2.75, 3.05) is 13.1 Å². The highest BCUT2D eigenvalue weighted by atomic mass is 32.2. The van der Waals surface area contributed by atoms with Gasteiger partial charge in [0, 0.05) is 13.1 Å². The van der Waals surface area contributed by atoms with E-state index in [-0.39, 0.29) is 13.1 Å². The van der Waals surface area contributed by atoms with Crippen molar-refractivity contribution in [1.29, 1.82) is 0 Å². The van der Waals surface area contributed by atoms with Crippen molar-refractivity contribution in [2.45, 2.75) is 75.2 Å². The van der Waals surface area contributed by atoms with Crippen LogP contribution in [-0.4, -0.2) is 54.2 Å². The number of sulfonamides is 1. The minimum atomic E-state index is -5.19. The summed E-state index contributed by atoms with van der Waals surface area (Å²) in [7, 11) is -9.67. The second-order valence-corrected chi connectivity index (χ2v) is 10.9. The van der Waals surface area contributed by atoms with Gasteiger partial charge in [0.25, 0.3) is 16.0 Å². The Bertz CT molecular complexity index is 649. The van der Waals surface area contributed by atoms with Crippen LogP contribution in [0.3, 0.4) is 0 Å². The minimum absolute atomic E-state index is 0.138. The van der Waals surface area contributed by atoms with Crippen molar-refractivity contribution < 1.29 is 30.2 Å². The van der Waals surface area contributed by atoms with Crippen LogP contribution in [0.5, 0.6) is 0 Å². The van der Waals surface area contributed by atoms with Gasteiger partial charge in [-0.1, -0.05) is 20.3 Å². The van der Waals surface area contributed by atoms with Gasteiger partial charge >= 0.3 is 0 Å². The van der Waals surface area contributed by atoms with E-state index in [1.807, 2.05) is 0 Å². The van der Waals surface area contributed by atoms with Crippen LogP contribution in [-0.2, 0) is 20.1 Å². The Morgan fingerprint density at radius 2 is 1.38 bits per heavy atom. The van der Waals surface area contributed by atoms with Gasteiger partial charge in [0.1, 0.15) is 4.75 Å². The maximum absolute atomic E-state index is 15.3. The second kappa shape index (κ2) is 6.77. The molecular formula is C14H27F2NO5S2. The first-order valence-electron chi connectivity index (χ1n) is 8.07. The number of halogens is 2. The van der Waals surface area contributed by atoms with Crippen LogP contribution in [0.25, 0.3) is 0 Å². The summed E-state index contributed by atoms with van der Waals surface area (Å²) >= 11 is 0. The normalized spacial score (nSPS) is 19.5. The van der Waals surface area contributed by atoms with Gasteiger partial charge in [-0.15, -0.1) is 0 Å². The lowest BCUT2D eigenvalue weighted by molar-refractivity contribution is -0.0781. The first-order valence-corrected chi connectivity index (χ1v) is 11.0. The number of nitrogens with zero attached hydrogens (tertiary/aromatic N) is 1. The summed E-state index contributed by atoms with van der Waals surface area (Å²) in [5.74, 6) is -4.19. The minimum Gasteiger partial charge on any atom is -0.285 e. The van der Waals surface area contributed by atoms with E-state index >= 15 is 8.78 Å². The summed E-state index contributed by atoms with van der Waals surface area (Å²) in [6.07, 6.45) is 0.766. The predicted octanol–water partition coefficient (Wildman–Crippen LogP) is 2.66. The summed E-state index contributed by atoms with van der Waals surface area (Å²) in [5, 5.41) is 0. The highest BCUT2D eigenvalue weighted by molar-refractivity contribution is 7.91. The summed E-state index contributed by atoms with van der Waals surface area (Å²) in [6.45, 7) is 4.35. The molecule has 1 N–H and O–H groups in total. The molecule has 6 nitrogen and oxygen atoms in total. The molecule has 0 saturated carbocycles. The molecule has 1 saturated heterocycles. The molecule has 0 amide bonds. The van der Waals surface area contributed by atoms with Crippen LogP contribution in [0.4, 0.5) is 8.78 Å². The zero-order valence-electron chi connectivity index (χ0n) is 14.5. The molecule has 0 aromatic rings. The van der Waals surface area contributed by atoms with E-state index in [1.165, 1.54) is 13.8 Å². The third-order valence-corrected chi connectivity index (χ3v) is 9.68. The van der Waals surface area contributed by atoms with E-state index in [9.17, 15) is 21.4 Å². The quantitative estimate of drug-likeness (QED) is 0.674. The molecule has 0 spiro atoms. The highest BCUT2D eigenvalue weighted by Crippen LogP contribution is 2.50. The van der Waals surface area contributed by atoms with Crippen molar-refractivity contribution >= 4 is 20.1 Å². The molecule has 1 fully saturated rings. The van der Waals surface area contributed by atoms with Crippen molar-refractivity contribution in [3.63, 3.8) is 0 Å². The molecular weight excluding hydrogens is 364 g/mol. The molecule has 1 aliphatic heterocycles. The van der Waals surface area contributed by atoms with Crippen LogP contribution < -0.4 is 0 Å². The second-order valence-electron chi connectivity index (χ2n) is 6.73. The predicted molar refractivity (Wildman–Crippen MR) is 88.2 cm³/mol. The van der Waals surface area contributed by atoms with Crippen LogP contribution in [0, 0.1) is 0 Å². The number of hydrogen-bond acceptors (Lipinski definition) is 4. The Kier molecular flexibility index (Phi) is 6.13. The van der Waals surface area contributed by atoms with Crippen LogP contribution in [0.2, 0.25) is 0 Å². The third kappa shape index (κ3) is 2.99. The highest BCUT2D eigenvalue weighted by Gasteiger charge is 2.71. The van der Waals surface area contributed by atoms with E-state index in [4.69, 9.17) is 0 Å². The fourth-order valence-electron chi connectivity index (χ4n) is 3.36. The molecule has 0 radical (unpaired) electrons. The van der Waals surface area contributed by atoms with Gasteiger partial charge in [0.2, 0.25) is 10.0 Å². The van der Waals surface area contributed by atoms with Crippen molar-refractivity contribution in [3.05, 3.63) is 0 Å². The molecule has 10 heteroatoms. The van der Waals surface area contributed by atoms with E-state index in [0.29, 0.717) is 12.8 Å². The molecule has 1 rings (SSSR count). The molecule has 0 aliphatic carbocycles. The van der Waals surface area contributed by atoms with Crippen LogP contribution >= 0.6 is 0 Å². The van der Waals surface area contributed by atoms with Gasteiger partial charge < -0.3 is 0 Å². The lowest BCUT2D eigenvalue weighted by Gasteiger charge is -2.46. The lowest BCUT2D eigenvalue weighted by atomic mass is 9.86. The van der Waals surface area contributed by atoms with Gasteiger partial charge in [-0.25, -0.2) is 21.5 Å². The first kappa shape index (κ1) is 21.7. The van der Waals surface area contributed by atoms with Crippen molar-refractivity contribution in [2.24, 2.45) is 0 Å². The van der Waals surface area contributed by atoms with Gasteiger partial charge in [-0.05, 0) is 39.5 Å². The molecule has 144 valence electrons. The third-order valence-electron chi connectivity index (χ3n) is 5.26. The molecule has 1 aliphatic rings. The Morgan fingerprint density at radius 3 is 1.71 bits per heavy atom. The standard InChI is InChI=1S/C14H27F2NO5S2/c1-5-13(6-2,24(20,21)22)14(15,16)12(3,4)23(18,19)17-10-8-7-9-11-17/h5-11H2,1-4H3,(H,20,21,22). The molecule has 1 heterocycles. The Balaban J connectivity index is 3.52. The smallest absolute Gasteiger partial charge is 0.285 e. The summed E-state index contributed by atoms with van der Waals surface area (Å²) < 4.78 is 84.8. The fraction of sp³-hybridized carbons (Fsp3) is 1.00. The van der Waals surface area contributed by atoms with E-state index in [2.05, 4.69) is 0 Å². The lowest BCUT2D eigenvalue weighted by Crippen LogP contribution is -2.67. The van der Waals surface area contributed by atoms with Crippen LogP contribution in [0.15, 0.2) is 0 Å². The molecule has 0 aromatic carbocycles. The van der Waals surface area contributed by atoms with Gasteiger partial charge in [0.05, 0.1) is 0 Å². The summed E-state index contributed by atoms with van der Waals surface area (Å²) in [5.41, 5.74) is 0. The van der Waals surface area contributed by atoms with E-state index in [1.54, 1.807) is 0 Å². The molecule has 0 atom stereocenters. The monoisotopic (exact) mass is 391 g/mol.